The lowest BCUT2D eigenvalue weighted by atomic mass is 10.0. The van der Waals surface area contributed by atoms with E-state index in [-0.39, 0.29) is 41.0 Å². The summed E-state index contributed by atoms with van der Waals surface area (Å²) in [6, 6.07) is 10.2. The molecule has 202 valence electrons. The Hall–Kier alpha value is -4.14. The maximum Gasteiger partial charge on any atom is 0.331 e. The molecule has 2 aromatic carbocycles. The molecule has 1 saturated carbocycles. The van der Waals surface area contributed by atoms with Crippen molar-refractivity contribution < 1.29 is 14.3 Å². The number of nitrogens with one attached hydrogen (secondary N) is 3. The molecule has 1 aliphatic heterocycles. The number of halogens is 1. The smallest absolute Gasteiger partial charge is 0.331 e. The first-order valence-corrected chi connectivity index (χ1v) is 13.1. The van der Waals surface area contributed by atoms with E-state index in [1.807, 2.05) is 13.0 Å². The number of nitrogens with zero attached hydrogens (tertiary/aromatic N) is 3. The largest absolute Gasteiger partial charge is 0.378 e. The van der Waals surface area contributed by atoms with Gasteiger partial charge < -0.3 is 20.7 Å². The van der Waals surface area contributed by atoms with Gasteiger partial charge in [0.2, 0.25) is 5.91 Å². The molecular weight excluding hydrogens is 524 g/mol. The molecule has 1 saturated heterocycles. The number of benzene rings is 2. The second-order valence-electron chi connectivity index (χ2n) is 9.76. The predicted octanol–water partition coefficient (Wildman–Crippen LogP) is 2.89. The van der Waals surface area contributed by atoms with Crippen molar-refractivity contribution in [3.63, 3.8) is 0 Å². The monoisotopic (exact) mass is 550 g/mol. The van der Waals surface area contributed by atoms with Crippen molar-refractivity contribution in [2.45, 2.75) is 38.9 Å². The summed E-state index contributed by atoms with van der Waals surface area (Å²) in [5.74, 6) is -0.702. The predicted molar refractivity (Wildman–Crippen MR) is 146 cm³/mol. The first kappa shape index (κ1) is 26.5. The molecule has 1 aliphatic carbocycles. The van der Waals surface area contributed by atoms with Crippen LogP contribution in [0.15, 0.2) is 46.0 Å². The highest BCUT2D eigenvalue weighted by Crippen LogP contribution is 2.30. The highest BCUT2D eigenvalue weighted by molar-refractivity contribution is 6.32. The van der Waals surface area contributed by atoms with Crippen LogP contribution in [0.4, 0.5) is 16.2 Å². The van der Waals surface area contributed by atoms with Crippen LogP contribution in [0.2, 0.25) is 5.02 Å². The minimum Gasteiger partial charge on any atom is -0.378 e. The molecular formula is C27H27ClN6O5. The second-order valence-corrected chi connectivity index (χ2v) is 10.2. The van der Waals surface area contributed by atoms with E-state index in [0.717, 1.165) is 12.8 Å². The van der Waals surface area contributed by atoms with E-state index in [0.29, 0.717) is 41.3 Å². The fraction of sp³-hybridized carbons (Fsp3) is 0.370. The Kier molecular flexibility index (Phi) is 7.41. The summed E-state index contributed by atoms with van der Waals surface area (Å²) in [4.78, 5) is 51.8. The lowest BCUT2D eigenvalue weighted by Gasteiger charge is -2.19. The summed E-state index contributed by atoms with van der Waals surface area (Å²) >= 11 is 6.02. The van der Waals surface area contributed by atoms with Crippen LogP contribution < -0.4 is 27.2 Å². The summed E-state index contributed by atoms with van der Waals surface area (Å²) in [6.07, 6.45) is 2.01. The van der Waals surface area contributed by atoms with Crippen LogP contribution in [-0.2, 0) is 22.6 Å². The van der Waals surface area contributed by atoms with Crippen LogP contribution in [0.3, 0.4) is 0 Å². The number of nitriles is 1. The van der Waals surface area contributed by atoms with Gasteiger partial charge in [-0.15, -0.1) is 0 Å². The molecule has 1 aromatic heterocycles. The molecule has 3 aromatic rings. The molecule has 2 heterocycles. The van der Waals surface area contributed by atoms with Gasteiger partial charge in [-0.25, -0.2) is 9.59 Å². The van der Waals surface area contributed by atoms with Crippen molar-refractivity contribution in [2.75, 3.05) is 23.8 Å². The van der Waals surface area contributed by atoms with E-state index in [1.54, 1.807) is 28.8 Å². The Bertz CT molecular complexity index is 1620. The SMILES string of the molecule is CCn1c(=O)n(CC2CC2)c(=O)c2cc(NC(=O)[C@H]3COC[C@H]3NC(=O)Nc3ccc(C#N)c(Cl)c3)ccc21. The van der Waals surface area contributed by atoms with Crippen molar-refractivity contribution in [1.29, 1.82) is 5.26 Å². The van der Waals surface area contributed by atoms with Gasteiger partial charge in [0.1, 0.15) is 6.07 Å². The first-order valence-electron chi connectivity index (χ1n) is 12.7. The highest BCUT2D eigenvalue weighted by atomic mass is 35.5. The number of aromatic nitrogens is 2. The third kappa shape index (κ3) is 5.53. The maximum absolute atomic E-state index is 13.2. The van der Waals surface area contributed by atoms with Crippen LogP contribution in [0.5, 0.6) is 0 Å². The molecule has 0 radical (unpaired) electrons. The van der Waals surface area contributed by atoms with Gasteiger partial charge >= 0.3 is 11.7 Å². The van der Waals surface area contributed by atoms with E-state index in [9.17, 15) is 19.2 Å². The molecule has 3 amide bonds. The third-order valence-corrected chi connectivity index (χ3v) is 7.34. The summed E-state index contributed by atoms with van der Waals surface area (Å²) in [5, 5.41) is 17.8. The highest BCUT2D eigenvalue weighted by Gasteiger charge is 2.35. The molecule has 0 bridgehead atoms. The number of hydrogen-bond acceptors (Lipinski definition) is 6. The van der Waals surface area contributed by atoms with Gasteiger partial charge in [-0.05, 0) is 62.1 Å². The lowest BCUT2D eigenvalue weighted by Crippen LogP contribution is -2.46. The van der Waals surface area contributed by atoms with Crippen molar-refractivity contribution in [3.8, 4) is 6.07 Å². The molecule has 12 heteroatoms. The topological polar surface area (TPSA) is 147 Å². The fourth-order valence-corrected chi connectivity index (χ4v) is 4.96. The minimum absolute atomic E-state index is 0.108. The third-order valence-electron chi connectivity index (χ3n) is 7.03. The Labute approximate surface area is 228 Å². The van der Waals surface area contributed by atoms with Gasteiger partial charge in [-0.3, -0.25) is 18.7 Å². The molecule has 0 spiro atoms. The Balaban J connectivity index is 1.30. The number of urea groups is 1. The number of aryl methyl sites for hydroxylation is 1. The quantitative estimate of drug-likeness (QED) is 0.412. The van der Waals surface area contributed by atoms with Crippen LogP contribution >= 0.6 is 11.6 Å². The van der Waals surface area contributed by atoms with Gasteiger partial charge in [0, 0.05) is 24.5 Å². The van der Waals surface area contributed by atoms with Crippen LogP contribution in [0.25, 0.3) is 10.9 Å². The zero-order valence-corrected chi connectivity index (χ0v) is 22.0. The number of ether oxygens (including phenoxy) is 1. The van der Waals surface area contributed by atoms with E-state index in [4.69, 9.17) is 21.6 Å². The van der Waals surface area contributed by atoms with Crippen molar-refractivity contribution >= 4 is 45.8 Å². The van der Waals surface area contributed by atoms with Gasteiger partial charge in [-0.1, -0.05) is 11.6 Å². The number of anilines is 2. The number of fused-ring (bicyclic) bond motifs is 1. The Morgan fingerprint density at radius 2 is 1.82 bits per heavy atom. The molecule has 11 nitrogen and oxygen atoms in total. The zero-order chi connectivity index (χ0) is 27.7. The van der Waals surface area contributed by atoms with Gasteiger partial charge in [0.15, 0.2) is 0 Å². The standard InChI is InChI=1S/C27H27ClN6O5/c1-2-33-23-8-7-17(9-19(23)25(36)34(27(33)38)12-15-3-4-15)30-24(35)20-13-39-14-22(20)32-26(37)31-18-6-5-16(11-29)21(28)10-18/h5-10,15,20,22H,2-4,12-14H2,1H3,(H,30,35)(H2,31,32,37)/t20-,22+/m0/s1. The van der Waals surface area contributed by atoms with Crippen molar-refractivity contribution in [2.24, 2.45) is 11.8 Å². The maximum atomic E-state index is 13.2. The molecule has 39 heavy (non-hydrogen) atoms. The van der Waals surface area contributed by atoms with E-state index in [2.05, 4.69) is 16.0 Å². The zero-order valence-electron chi connectivity index (χ0n) is 21.2. The second kappa shape index (κ2) is 10.9. The van der Waals surface area contributed by atoms with Gasteiger partial charge in [0.05, 0.1) is 46.7 Å². The Morgan fingerprint density at radius 1 is 1.08 bits per heavy atom. The van der Waals surface area contributed by atoms with Crippen LogP contribution in [0, 0.1) is 23.2 Å². The minimum atomic E-state index is -0.674. The van der Waals surface area contributed by atoms with Crippen molar-refractivity contribution in [1.82, 2.24) is 14.5 Å². The summed E-state index contributed by atoms with van der Waals surface area (Å²) in [5.41, 5.74) is 0.915. The van der Waals surface area contributed by atoms with E-state index >= 15 is 0 Å². The molecule has 2 aliphatic rings. The van der Waals surface area contributed by atoms with Gasteiger partial charge in [-0.2, -0.15) is 5.26 Å². The van der Waals surface area contributed by atoms with Gasteiger partial charge in [0.25, 0.3) is 5.56 Å². The van der Waals surface area contributed by atoms with E-state index < -0.39 is 18.0 Å². The lowest BCUT2D eigenvalue weighted by molar-refractivity contribution is -0.120. The first-order chi connectivity index (χ1) is 18.8. The summed E-state index contributed by atoms with van der Waals surface area (Å²) in [7, 11) is 0. The van der Waals surface area contributed by atoms with E-state index in [1.165, 1.54) is 16.7 Å². The number of hydrogen-bond donors (Lipinski definition) is 3. The Morgan fingerprint density at radius 3 is 2.51 bits per heavy atom. The number of carbonyl (C=O) groups excluding carboxylic acids is 2. The number of carbonyl (C=O) groups is 2. The summed E-state index contributed by atoms with van der Waals surface area (Å²) < 4.78 is 8.32. The van der Waals surface area contributed by atoms with Crippen LogP contribution in [-0.4, -0.2) is 40.3 Å². The normalized spacial score (nSPS) is 18.5. The fourth-order valence-electron chi connectivity index (χ4n) is 4.74. The molecule has 3 N–H and O–H groups in total. The average molecular weight is 551 g/mol. The molecule has 2 fully saturated rings. The molecule has 0 unspecified atom stereocenters. The van der Waals surface area contributed by atoms with Crippen LogP contribution in [0.1, 0.15) is 25.3 Å². The summed E-state index contributed by atoms with van der Waals surface area (Å²) in [6.45, 7) is 2.91. The number of amides is 3. The average Bonchev–Trinajstić information content (AvgIpc) is 3.62. The van der Waals surface area contributed by atoms with Crippen molar-refractivity contribution in [3.05, 3.63) is 67.8 Å². The number of rotatable bonds is 7. The molecule has 5 rings (SSSR count). The molecule has 2 atom stereocenters.